The predicted molar refractivity (Wildman–Crippen MR) is 51.9 cm³/mol. The van der Waals surface area contributed by atoms with Crippen molar-refractivity contribution in [1.29, 1.82) is 5.26 Å². The first-order chi connectivity index (χ1) is 8.38. The summed E-state index contributed by atoms with van der Waals surface area (Å²) in [6.45, 7) is 0. The zero-order valence-corrected chi connectivity index (χ0v) is 8.63. The number of nitriles is 1. The lowest BCUT2D eigenvalue weighted by atomic mass is 10.1. The third-order valence-electron chi connectivity index (χ3n) is 2.01. The van der Waals surface area contributed by atoms with Crippen molar-refractivity contribution in [3.63, 3.8) is 0 Å². The Labute approximate surface area is 98.4 Å². The second-order valence-electron chi connectivity index (χ2n) is 3.12. The first kappa shape index (κ1) is 13.4. The van der Waals surface area contributed by atoms with Gasteiger partial charge in [0.2, 0.25) is 0 Å². The molecule has 0 saturated heterocycles. The van der Waals surface area contributed by atoms with Crippen LogP contribution in [0.5, 0.6) is 0 Å². The van der Waals surface area contributed by atoms with Crippen molar-refractivity contribution in [3.8, 4) is 6.07 Å². The second-order valence-corrected chi connectivity index (χ2v) is 3.12. The van der Waals surface area contributed by atoms with Crippen LogP contribution in [0.1, 0.15) is 23.2 Å². The van der Waals surface area contributed by atoms with Crippen LogP contribution in [0.2, 0.25) is 0 Å². The van der Waals surface area contributed by atoms with Crippen LogP contribution in [-0.4, -0.2) is 21.0 Å². The summed E-state index contributed by atoms with van der Waals surface area (Å²) in [5.74, 6) is -1.42. The summed E-state index contributed by atoms with van der Waals surface area (Å²) in [5.41, 5.74) is -3.27. The van der Waals surface area contributed by atoms with E-state index in [-0.39, 0.29) is 0 Å². The molecule has 0 fully saturated rings. The molecule has 0 atom stereocenters. The van der Waals surface area contributed by atoms with Gasteiger partial charge in [0, 0.05) is 6.20 Å². The van der Waals surface area contributed by atoms with Crippen LogP contribution in [0, 0.1) is 21.4 Å². The molecule has 1 heterocycles. The number of nitrogens with zero attached hydrogens (tertiary/aromatic N) is 3. The van der Waals surface area contributed by atoms with E-state index in [1.807, 2.05) is 0 Å². The summed E-state index contributed by atoms with van der Waals surface area (Å²) in [5, 5.41) is 27.9. The lowest BCUT2D eigenvalue weighted by molar-refractivity contribution is -0.386. The highest BCUT2D eigenvalue weighted by molar-refractivity contribution is 5.72. The van der Waals surface area contributed by atoms with Gasteiger partial charge < -0.3 is 5.11 Å². The Hall–Kier alpha value is -2.63. The second kappa shape index (κ2) is 5.13. The predicted octanol–water partition coefficient (Wildman–Crippen LogP) is 1.43. The number of rotatable bonds is 4. The molecule has 0 saturated carbocycles. The van der Waals surface area contributed by atoms with E-state index in [1.165, 1.54) is 6.07 Å². The van der Waals surface area contributed by atoms with Crippen LogP contribution < -0.4 is 0 Å². The van der Waals surface area contributed by atoms with Gasteiger partial charge in [-0.2, -0.15) is 5.26 Å². The van der Waals surface area contributed by atoms with Crippen LogP contribution in [-0.2, 0) is 11.2 Å². The Kier molecular flexibility index (Phi) is 3.83. The minimum absolute atomic E-state index is 0.534. The quantitative estimate of drug-likeness (QED) is 0.643. The van der Waals surface area contributed by atoms with E-state index in [0.29, 0.717) is 6.20 Å². The monoisotopic (exact) mass is 257 g/mol. The summed E-state index contributed by atoms with van der Waals surface area (Å²) in [6, 6.07) is 1.29. The molecular formula is C9H5F2N3O4. The summed E-state index contributed by atoms with van der Waals surface area (Å²) >= 11 is 0. The molecule has 1 N–H and O–H groups in total. The van der Waals surface area contributed by atoms with Crippen molar-refractivity contribution in [2.24, 2.45) is 0 Å². The SMILES string of the molecule is N#Cc1c(C(F)F)cnc(CC(=O)O)c1[N+](=O)[O-]. The van der Waals surface area contributed by atoms with Gasteiger partial charge in [-0.05, 0) is 0 Å². The average molecular weight is 257 g/mol. The highest BCUT2D eigenvalue weighted by atomic mass is 19.3. The number of aromatic nitrogens is 1. The van der Waals surface area contributed by atoms with Gasteiger partial charge in [-0.1, -0.05) is 0 Å². The maximum Gasteiger partial charge on any atom is 0.309 e. The van der Waals surface area contributed by atoms with Gasteiger partial charge in [0.05, 0.1) is 16.9 Å². The van der Waals surface area contributed by atoms with Gasteiger partial charge in [0.25, 0.3) is 6.43 Å². The zero-order chi connectivity index (χ0) is 13.9. The number of carboxylic acid groups (broad SMARTS) is 1. The number of carboxylic acids is 1. The average Bonchev–Trinajstić information content (AvgIpc) is 2.26. The van der Waals surface area contributed by atoms with Gasteiger partial charge in [-0.3, -0.25) is 19.9 Å². The molecule has 1 rings (SSSR count). The molecule has 0 aliphatic rings. The fraction of sp³-hybridized carbons (Fsp3) is 0.222. The van der Waals surface area contributed by atoms with Crippen LogP contribution in [0.4, 0.5) is 14.5 Å². The first-order valence-electron chi connectivity index (χ1n) is 4.44. The van der Waals surface area contributed by atoms with Gasteiger partial charge in [-0.25, -0.2) is 8.78 Å². The van der Waals surface area contributed by atoms with E-state index in [4.69, 9.17) is 10.4 Å². The van der Waals surface area contributed by atoms with Crippen LogP contribution in [0.15, 0.2) is 6.20 Å². The van der Waals surface area contributed by atoms with E-state index in [1.54, 1.807) is 0 Å². The lowest BCUT2D eigenvalue weighted by Crippen LogP contribution is -2.09. The molecule has 1 aromatic heterocycles. The van der Waals surface area contributed by atoms with E-state index in [2.05, 4.69) is 4.98 Å². The first-order valence-corrected chi connectivity index (χ1v) is 4.44. The fourth-order valence-corrected chi connectivity index (χ4v) is 1.31. The summed E-state index contributed by atoms with van der Waals surface area (Å²) in [6.07, 6.45) is -3.35. The molecule has 0 radical (unpaired) electrons. The zero-order valence-electron chi connectivity index (χ0n) is 8.63. The van der Waals surface area contributed by atoms with Gasteiger partial charge in [0.15, 0.2) is 0 Å². The topological polar surface area (TPSA) is 117 Å². The Morgan fingerprint density at radius 3 is 2.67 bits per heavy atom. The number of carbonyl (C=O) groups is 1. The number of hydrogen-bond donors (Lipinski definition) is 1. The lowest BCUT2D eigenvalue weighted by Gasteiger charge is -2.05. The van der Waals surface area contributed by atoms with Gasteiger partial charge in [0.1, 0.15) is 17.3 Å². The molecule has 0 aliphatic carbocycles. The number of halogens is 2. The van der Waals surface area contributed by atoms with Gasteiger partial charge in [-0.15, -0.1) is 0 Å². The molecular weight excluding hydrogens is 252 g/mol. The normalized spacial score (nSPS) is 10.1. The Bertz CT molecular complexity index is 553. The minimum Gasteiger partial charge on any atom is -0.481 e. The molecule has 7 nitrogen and oxygen atoms in total. The summed E-state index contributed by atoms with van der Waals surface area (Å²) < 4.78 is 25.0. The molecule has 94 valence electrons. The van der Waals surface area contributed by atoms with Crippen LogP contribution in [0.25, 0.3) is 0 Å². The Morgan fingerprint density at radius 1 is 1.67 bits per heavy atom. The van der Waals surface area contributed by atoms with Crippen molar-refractivity contribution in [1.82, 2.24) is 4.98 Å². The van der Waals surface area contributed by atoms with Crippen LogP contribution >= 0.6 is 0 Å². The maximum atomic E-state index is 12.5. The summed E-state index contributed by atoms with van der Waals surface area (Å²) in [7, 11) is 0. The molecule has 0 spiro atoms. The number of aliphatic carboxylic acids is 1. The molecule has 1 aromatic rings. The maximum absolute atomic E-state index is 12.5. The van der Waals surface area contributed by atoms with Crippen molar-refractivity contribution in [2.75, 3.05) is 0 Å². The fourth-order valence-electron chi connectivity index (χ4n) is 1.31. The van der Waals surface area contributed by atoms with Crippen molar-refractivity contribution in [2.45, 2.75) is 12.8 Å². The molecule has 0 bridgehead atoms. The minimum atomic E-state index is -3.11. The van der Waals surface area contributed by atoms with E-state index >= 15 is 0 Å². The Balaban J connectivity index is 3.54. The number of alkyl halides is 2. The number of nitro groups is 1. The number of hydrogen-bond acceptors (Lipinski definition) is 5. The van der Waals surface area contributed by atoms with Crippen molar-refractivity contribution in [3.05, 3.63) is 33.1 Å². The Morgan fingerprint density at radius 2 is 2.28 bits per heavy atom. The smallest absolute Gasteiger partial charge is 0.309 e. The molecule has 0 aliphatic heterocycles. The largest absolute Gasteiger partial charge is 0.481 e. The van der Waals surface area contributed by atoms with Gasteiger partial charge >= 0.3 is 11.7 Å². The highest BCUT2D eigenvalue weighted by Gasteiger charge is 2.29. The molecule has 18 heavy (non-hydrogen) atoms. The standard InChI is InChI=1S/C9H5F2N3O4/c10-9(11)5-3-13-6(1-7(15)16)8(14(17)18)4(5)2-12/h3,9H,1H2,(H,15,16). The van der Waals surface area contributed by atoms with Crippen molar-refractivity contribution < 1.29 is 23.6 Å². The molecule has 0 aromatic carbocycles. The third kappa shape index (κ3) is 2.54. The van der Waals surface area contributed by atoms with E-state index < -0.39 is 46.2 Å². The third-order valence-corrected chi connectivity index (χ3v) is 2.01. The molecule has 9 heteroatoms. The highest BCUT2D eigenvalue weighted by Crippen LogP contribution is 2.30. The van der Waals surface area contributed by atoms with Crippen LogP contribution in [0.3, 0.4) is 0 Å². The summed E-state index contributed by atoms with van der Waals surface area (Å²) in [4.78, 5) is 23.4. The van der Waals surface area contributed by atoms with E-state index in [0.717, 1.165) is 0 Å². The molecule has 0 unspecified atom stereocenters. The molecule has 0 amide bonds. The van der Waals surface area contributed by atoms with Crippen molar-refractivity contribution >= 4 is 11.7 Å². The number of pyridine rings is 1. The van der Waals surface area contributed by atoms with E-state index in [9.17, 15) is 23.7 Å².